The molecule has 5 nitrogen and oxygen atoms in total. The molecule has 0 radical (unpaired) electrons. The van der Waals surface area contributed by atoms with E-state index in [1.165, 1.54) is 36.2 Å². The first-order valence-corrected chi connectivity index (χ1v) is 5.14. The molecular formula is C11H11F2N3O2. The number of nitrogens with zero attached hydrogens (tertiary/aromatic N) is 2. The lowest BCUT2D eigenvalue weighted by Gasteiger charge is -2.10. The highest BCUT2D eigenvalue weighted by atomic mass is 19.3. The highest BCUT2D eigenvalue weighted by Gasteiger charge is 2.31. The van der Waals surface area contributed by atoms with Crippen molar-refractivity contribution < 1.29 is 18.3 Å². The SMILES string of the molecule is CN1C(=O)C(c2ccc(OC(F)F)cc2)N=C1N. The second kappa shape index (κ2) is 4.59. The fraction of sp³-hybridized carbons (Fsp3) is 0.273. The van der Waals surface area contributed by atoms with Crippen molar-refractivity contribution in [2.24, 2.45) is 10.7 Å². The average Bonchev–Trinajstić information content (AvgIpc) is 2.57. The second-order valence-electron chi connectivity index (χ2n) is 3.73. The van der Waals surface area contributed by atoms with Crippen molar-refractivity contribution in [2.75, 3.05) is 7.05 Å². The van der Waals surface area contributed by atoms with Gasteiger partial charge in [0.05, 0.1) is 0 Å². The fourth-order valence-corrected chi connectivity index (χ4v) is 1.62. The molecule has 0 bridgehead atoms. The lowest BCUT2D eigenvalue weighted by Crippen LogP contribution is -2.34. The Kier molecular flexibility index (Phi) is 3.14. The van der Waals surface area contributed by atoms with Crippen LogP contribution in [0.15, 0.2) is 29.3 Å². The smallest absolute Gasteiger partial charge is 0.387 e. The molecule has 1 atom stereocenters. The molecule has 2 N–H and O–H groups in total. The summed E-state index contributed by atoms with van der Waals surface area (Å²) in [5, 5.41) is 0. The number of nitrogens with two attached hydrogens (primary N) is 1. The molecule has 0 spiro atoms. The van der Waals surface area contributed by atoms with Crippen molar-refractivity contribution in [3.63, 3.8) is 0 Å². The molecule has 0 fully saturated rings. The van der Waals surface area contributed by atoms with E-state index in [0.29, 0.717) is 5.56 Å². The van der Waals surface area contributed by atoms with Crippen LogP contribution in [0.2, 0.25) is 0 Å². The summed E-state index contributed by atoms with van der Waals surface area (Å²) in [5.74, 6) is -0.0857. The first kappa shape index (κ1) is 12.3. The highest BCUT2D eigenvalue weighted by Crippen LogP contribution is 2.26. The van der Waals surface area contributed by atoms with Crippen molar-refractivity contribution in [1.29, 1.82) is 0 Å². The van der Waals surface area contributed by atoms with Gasteiger partial charge < -0.3 is 10.5 Å². The maximum atomic E-state index is 12.0. The maximum absolute atomic E-state index is 12.0. The van der Waals surface area contributed by atoms with E-state index in [1.54, 1.807) is 0 Å². The minimum Gasteiger partial charge on any atom is -0.435 e. The van der Waals surface area contributed by atoms with Gasteiger partial charge in [-0.2, -0.15) is 8.78 Å². The number of benzene rings is 1. The van der Waals surface area contributed by atoms with E-state index >= 15 is 0 Å². The Balaban J connectivity index is 2.18. The largest absolute Gasteiger partial charge is 0.435 e. The van der Waals surface area contributed by atoms with Crippen molar-refractivity contribution >= 4 is 11.9 Å². The van der Waals surface area contributed by atoms with E-state index in [2.05, 4.69) is 9.73 Å². The summed E-state index contributed by atoms with van der Waals surface area (Å²) in [6.07, 6.45) is 0. The minimum atomic E-state index is -2.87. The quantitative estimate of drug-likeness (QED) is 0.879. The predicted octanol–water partition coefficient (Wildman–Crippen LogP) is 1.12. The number of carbonyl (C=O) groups is 1. The van der Waals surface area contributed by atoms with Gasteiger partial charge >= 0.3 is 6.61 Å². The first-order valence-electron chi connectivity index (χ1n) is 5.14. The van der Waals surface area contributed by atoms with Crippen LogP contribution in [0.1, 0.15) is 11.6 Å². The highest BCUT2D eigenvalue weighted by molar-refractivity contribution is 6.04. The van der Waals surface area contributed by atoms with Crippen molar-refractivity contribution in [2.45, 2.75) is 12.7 Å². The summed E-state index contributed by atoms with van der Waals surface area (Å²) >= 11 is 0. The topological polar surface area (TPSA) is 67.9 Å². The van der Waals surface area contributed by atoms with E-state index in [-0.39, 0.29) is 17.6 Å². The molecule has 0 saturated carbocycles. The summed E-state index contributed by atoms with van der Waals surface area (Å²) in [6.45, 7) is -2.87. The van der Waals surface area contributed by atoms with Crippen LogP contribution in [-0.4, -0.2) is 30.4 Å². The summed E-state index contributed by atoms with van der Waals surface area (Å²) in [5.41, 5.74) is 6.10. The van der Waals surface area contributed by atoms with E-state index in [0.717, 1.165) is 0 Å². The van der Waals surface area contributed by atoms with Gasteiger partial charge in [0.15, 0.2) is 12.0 Å². The third-order valence-electron chi connectivity index (χ3n) is 2.59. The summed E-state index contributed by atoms with van der Waals surface area (Å²) in [6, 6.07) is 5.03. The Morgan fingerprint density at radius 1 is 1.39 bits per heavy atom. The van der Waals surface area contributed by atoms with Crippen LogP contribution in [0.4, 0.5) is 8.78 Å². The zero-order chi connectivity index (χ0) is 13.3. The second-order valence-corrected chi connectivity index (χ2v) is 3.73. The van der Waals surface area contributed by atoms with Crippen LogP contribution in [0.5, 0.6) is 5.75 Å². The normalized spacial score (nSPS) is 19.3. The molecule has 2 rings (SSSR count). The van der Waals surface area contributed by atoms with Gasteiger partial charge in [0.2, 0.25) is 0 Å². The zero-order valence-corrected chi connectivity index (χ0v) is 9.51. The van der Waals surface area contributed by atoms with Gasteiger partial charge in [-0.3, -0.25) is 9.69 Å². The molecule has 7 heteroatoms. The van der Waals surface area contributed by atoms with Crippen molar-refractivity contribution in [3.05, 3.63) is 29.8 Å². The Hall–Kier alpha value is -2.18. The summed E-state index contributed by atoms with van der Waals surface area (Å²) in [4.78, 5) is 17.0. The molecule has 1 heterocycles. The Morgan fingerprint density at radius 2 is 2.00 bits per heavy atom. The number of alkyl halides is 2. The van der Waals surface area contributed by atoms with Gasteiger partial charge in [0, 0.05) is 7.05 Å². The van der Waals surface area contributed by atoms with Crippen LogP contribution < -0.4 is 10.5 Å². The van der Waals surface area contributed by atoms with Crippen LogP contribution in [0.25, 0.3) is 0 Å². The summed E-state index contributed by atoms with van der Waals surface area (Å²) < 4.78 is 28.1. The number of likely N-dealkylation sites (N-methyl/N-ethyl adjacent to an activating group) is 1. The van der Waals surface area contributed by atoms with Crippen molar-refractivity contribution in [1.82, 2.24) is 4.90 Å². The number of aliphatic imine (C=N–C) groups is 1. The van der Waals surface area contributed by atoms with Crippen LogP contribution in [0, 0.1) is 0 Å². The van der Waals surface area contributed by atoms with Gasteiger partial charge in [-0.25, -0.2) is 4.99 Å². The number of guanidine groups is 1. The molecule has 18 heavy (non-hydrogen) atoms. The average molecular weight is 255 g/mol. The van der Waals surface area contributed by atoms with Crippen LogP contribution in [-0.2, 0) is 4.79 Å². The van der Waals surface area contributed by atoms with Crippen LogP contribution >= 0.6 is 0 Å². The number of amides is 1. The molecule has 1 amide bonds. The summed E-state index contributed by atoms with van der Waals surface area (Å²) in [7, 11) is 1.52. The molecule has 1 aliphatic rings. The molecule has 0 aromatic heterocycles. The van der Waals surface area contributed by atoms with Gasteiger partial charge in [0.25, 0.3) is 5.91 Å². The number of hydrogen-bond donors (Lipinski definition) is 1. The number of ether oxygens (including phenoxy) is 1. The van der Waals surface area contributed by atoms with Gasteiger partial charge in [0.1, 0.15) is 5.75 Å². The standard InChI is InChI=1S/C11H11F2N3O2/c1-16-9(17)8(15-11(16)14)6-2-4-7(5-3-6)18-10(12)13/h2-5,8,10H,1H3,(H2,14,15). The third-order valence-corrected chi connectivity index (χ3v) is 2.59. The van der Waals surface area contributed by atoms with Crippen LogP contribution in [0.3, 0.4) is 0 Å². The Bertz CT molecular complexity index is 488. The van der Waals surface area contributed by atoms with Crippen molar-refractivity contribution in [3.8, 4) is 5.75 Å². The number of carbonyl (C=O) groups excluding carboxylic acids is 1. The Labute approximate surface area is 102 Å². The first-order chi connectivity index (χ1) is 8.49. The molecule has 96 valence electrons. The maximum Gasteiger partial charge on any atom is 0.387 e. The number of halogens is 2. The van der Waals surface area contributed by atoms with Gasteiger partial charge in [-0.15, -0.1) is 0 Å². The molecule has 1 unspecified atom stereocenters. The zero-order valence-electron chi connectivity index (χ0n) is 9.51. The molecule has 1 aromatic rings. The van der Waals surface area contributed by atoms with E-state index in [1.807, 2.05) is 0 Å². The monoisotopic (exact) mass is 255 g/mol. The van der Waals surface area contributed by atoms with Gasteiger partial charge in [-0.05, 0) is 17.7 Å². The molecule has 1 aromatic carbocycles. The fourth-order valence-electron chi connectivity index (χ4n) is 1.62. The van der Waals surface area contributed by atoms with Gasteiger partial charge in [-0.1, -0.05) is 12.1 Å². The minimum absolute atomic E-state index is 0.0319. The molecule has 0 aliphatic carbocycles. The third kappa shape index (κ3) is 2.24. The molecule has 1 aliphatic heterocycles. The molecular weight excluding hydrogens is 244 g/mol. The lowest BCUT2D eigenvalue weighted by atomic mass is 10.1. The van der Waals surface area contributed by atoms with E-state index < -0.39 is 12.7 Å². The van der Waals surface area contributed by atoms with E-state index in [9.17, 15) is 13.6 Å². The predicted molar refractivity (Wildman–Crippen MR) is 60.2 cm³/mol. The van der Waals surface area contributed by atoms with E-state index in [4.69, 9.17) is 5.73 Å². The lowest BCUT2D eigenvalue weighted by molar-refractivity contribution is -0.126. The number of hydrogen-bond acceptors (Lipinski definition) is 4. The Morgan fingerprint density at radius 3 is 2.44 bits per heavy atom. The molecule has 0 saturated heterocycles. The number of rotatable bonds is 3.